The summed E-state index contributed by atoms with van der Waals surface area (Å²) in [6.07, 6.45) is 4.15. The molecule has 4 rings (SSSR count). The highest BCUT2D eigenvalue weighted by atomic mass is 19.2. The summed E-state index contributed by atoms with van der Waals surface area (Å²) in [5, 5.41) is 0. The van der Waals surface area contributed by atoms with E-state index in [2.05, 4.69) is 6.92 Å². The fourth-order valence-electron chi connectivity index (χ4n) is 4.31. The van der Waals surface area contributed by atoms with E-state index in [-0.39, 0.29) is 16.9 Å². The van der Waals surface area contributed by atoms with Crippen LogP contribution in [0.1, 0.15) is 42.5 Å². The molecule has 3 heteroatoms. The molecule has 4 aromatic carbocycles. The maximum atomic E-state index is 15.0. The van der Waals surface area contributed by atoms with Crippen LogP contribution in [0.5, 0.6) is 0 Å². The third kappa shape index (κ3) is 5.25. The topological polar surface area (TPSA) is 0 Å². The first-order chi connectivity index (χ1) is 16.5. The molecule has 0 heterocycles. The third-order valence-electron chi connectivity index (χ3n) is 6.35. The minimum absolute atomic E-state index is 0.159. The van der Waals surface area contributed by atoms with Crippen molar-refractivity contribution in [1.29, 1.82) is 0 Å². The molecule has 0 aromatic heterocycles. The average Bonchev–Trinajstić information content (AvgIpc) is 2.86. The van der Waals surface area contributed by atoms with Crippen molar-refractivity contribution < 1.29 is 13.2 Å². The Morgan fingerprint density at radius 1 is 0.529 bits per heavy atom. The first kappa shape index (κ1) is 23.8. The van der Waals surface area contributed by atoms with Crippen molar-refractivity contribution >= 4 is 0 Å². The molecule has 0 atom stereocenters. The van der Waals surface area contributed by atoms with Crippen molar-refractivity contribution in [2.24, 2.45) is 0 Å². The number of benzene rings is 4. The van der Waals surface area contributed by atoms with Crippen LogP contribution >= 0.6 is 0 Å². The van der Waals surface area contributed by atoms with Gasteiger partial charge in [0.25, 0.3) is 0 Å². The van der Waals surface area contributed by atoms with E-state index in [0.29, 0.717) is 17.5 Å². The summed E-state index contributed by atoms with van der Waals surface area (Å²) >= 11 is 0. The zero-order chi connectivity index (χ0) is 24.1. The van der Waals surface area contributed by atoms with Crippen LogP contribution in [0, 0.1) is 17.5 Å². The first-order valence-electron chi connectivity index (χ1n) is 11.9. The molecular formula is C31H29F3. The molecule has 4 aromatic rings. The second-order valence-electron chi connectivity index (χ2n) is 8.71. The predicted molar refractivity (Wildman–Crippen MR) is 134 cm³/mol. The summed E-state index contributed by atoms with van der Waals surface area (Å²) in [5.41, 5.74) is 5.73. The highest BCUT2D eigenvalue weighted by molar-refractivity contribution is 5.72. The molecule has 0 aliphatic rings. The second kappa shape index (κ2) is 10.7. The van der Waals surface area contributed by atoms with E-state index in [9.17, 15) is 13.2 Å². The standard InChI is InChI=1S/C31H29F3/c1-3-5-21-8-14-25(15-9-21)27-18-19-28(31(34)30(27)33)26-16-10-22(11-17-26)6-7-23-12-13-24(4-2)29(32)20-23/h8-20H,3-7H2,1-2H3. The van der Waals surface area contributed by atoms with Gasteiger partial charge in [0.1, 0.15) is 5.82 Å². The van der Waals surface area contributed by atoms with Crippen molar-refractivity contribution in [3.05, 3.63) is 119 Å². The molecule has 0 bridgehead atoms. The Morgan fingerprint density at radius 2 is 1.00 bits per heavy atom. The van der Waals surface area contributed by atoms with Crippen LogP contribution in [0.15, 0.2) is 78.9 Å². The normalized spacial score (nSPS) is 11.1. The maximum Gasteiger partial charge on any atom is 0.167 e. The van der Waals surface area contributed by atoms with Crippen LogP contribution < -0.4 is 0 Å². The molecule has 0 N–H and O–H groups in total. The molecule has 0 unspecified atom stereocenters. The Bertz CT molecular complexity index is 1260. The molecule has 0 radical (unpaired) electrons. The zero-order valence-corrected chi connectivity index (χ0v) is 19.7. The van der Waals surface area contributed by atoms with Gasteiger partial charge in [-0.2, -0.15) is 0 Å². The molecule has 0 spiro atoms. The summed E-state index contributed by atoms with van der Waals surface area (Å²) in [4.78, 5) is 0. The fourth-order valence-corrected chi connectivity index (χ4v) is 4.31. The van der Waals surface area contributed by atoms with E-state index in [1.165, 1.54) is 5.56 Å². The van der Waals surface area contributed by atoms with E-state index in [0.717, 1.165) is 42.4 Å². The van der Waals surface area contributed by atoms with Crippen molar-refractivity contribution in [3.63, 3.8) is 0 Å². The number of aryl methyl sites for hydroxylation is 4. The summed E-state index contributed by atoms with van der Waals surface area (Å²) in [5.74, 6) is -1.83. The van der Waals surface area contributed by atoms with Gasteiger partial charge in [0.15, 0.2) is 11.6 Å². The van der Waals surface area contributed by atoms with Gasteiger partial charge in [0.05, 0.1) is 0 Å². The molecule has 0 amide bonds. The van der Waals surface area contributed by atoms with E-state index in [4.69, 9.17) is 0 Å². The molecule has 0 fully saturated rings. The van der Waals surface area contributed by atoms with Crippen LogP contribution in [0.25, 0.3) is 22.3 Å². The SMILES string of the molecule is CCCc1ccc(-c2ccc(-c3ccc(CCc4ccc(CC)c(F)c4)cc3)c(F)c2F)cc1. The van der Waals surface area contributed by atoms with E-state index in [1.54, 1.807) is 18.2 Å². The van der Waals surface area contributed by atoms with Crippen molar-refractivity contribution in [2.45, 2.75) is 46.0 Å². The Balaban J connectivity index is 1.49. The lowest BCUT2D eigenvalue weighted by Crippen LogP contribution is -1.96. The van der Waals surface area contributed by atoms with Gasteiger partial charge >= 0.3 is 0 Å². The van der Waals surface area contributed by atoms with Crippen molar-refractivity contribution in [1.82, 2.24) is 0 Å². The maximum absolute atomic E-state index is 15.0. The lowest BCUT2D eigenvalue weighted by atomic mass is 9.96. The molecule has 0 aliphatic carbocycles. The number of halogens is 3. The molecular weight excluding hydrogens is 429 g/mol. The van der Waals surface area contributed by atoms with Crippen molar-refractivity contribution in [2.75, 3.05) is 0 Å². The van der Waals surface area contributed by atoms with Gasteiger partial charge in [-0.05, 0) is 65.1 Å². The first-order valence-corrected chi connectivity index (χ1v) is 11.9. The van der Waals surface area contributed by atoms with Crippen LogP contribution in [-0.2, 0) is 25.7 Å². The minimum atomic E-state index is -0.839. The van der Waals surface area contributed by atoms with Gasteiger partial charge < -0.3 is 0 Å². The van der Waals surface area contributed by atoms with E-state index in [1.807, 2.05) is 67.6 Å². The predicted octanol–water partition coefficient (Wildman–Crippen LogP) is 8.74. The van der Waals surface area contributed by atoms with Gasteiger partial charge in [-0.3, -0.25) is 0 Å². The zero-order valence-electron chi connectivity index (χ0n) is 19.7. The summed E-state index contributed by atoms with van der Waals surface area (Å²) in [7, 11) is 0. The molecule has 0 nitrogen and oxygen atoms in total. The van der Waals surface area contributed by atoms with E-state index >= 15 is 0 Å². The number of rotatable bonds is 8. The van der Waals surface area contributed by atoms with Crippen LogP contribution in [0.4, 0.5) is 13.2 Å². The number of hydrogen-bond acceptors (Lipinski definition) is 0. The number of hydrogen-bond donors (Lipinski definition) is 0. The Kier molecular flexibility index (Phi) is 7.52. The molecule has 34 heavy (non-hydrogen) atoms. The van der Waals surface area contributed by atoms with Gasteiger partial charge in [-0.15, -0.1) is 0 Å². The average molecular weight is 459 g/mol. The van der Waals surface area contributed by atoms with Gasteiger partial charge in [0.2, 0.25) is 0 Å². The van der Waals surface area contributed by atoms with Gasteiger partial charge in [-0.25, -0.2) is 13.2 Å². The lowest BCUT2D eigenvalue weighted by Gasteiger charge is -2.11. The van der Waals surface area contributed by atoms with Crippen LogP contribution in [0.3, 0.4) is 0 Å². The summed E-state index contributed by atoms with van der Waals surface area (Å²) in [6, 6.07) is 23.8. The van der Waals surface area contributed by atoms with Gasteiger partial charge in [-0.1, -0.05) is 93.1 Å². The molecule has 0 saturated carbocycles. The Hall–Kier alpha value is -3.33. The molecule has 0 aliphatic heterocycles. The molecule has 0 saturated heterocycles. The molecule has 174 valence electrons. The quantitative estimate of drug-likeness (QED) is 0.248. The third-order valence-corrected chi connectivity index (χ3v) is 6.35. The largest absolute Gasteiger partial charge is 0.207 e. The highest BCUT2D eigenvalue weighted by Gasteiger charge is 2.16. The van der Waals surface area contributed by atoms with Crippen LogP contribution in [-0.4, -0.2) is 0 Å². The Morgan fingerprint density at radius 3 is 1.47 bits per heavy atom. The fraction of sp³-hybridized carbons (Fsp3) is 0.226. The Labute approximate surface area is 200 Å². The summed E-state index contributed by atoms with van der Waals surface area (Å²) in [6.45, 7) is 4.05. The lowest BCUT2D eigenvalue weighted by molar-refractivity contribution is 0.514. The minimum Gasteiger partial charge on any atom is -0.207 e. The van der Waals surface area contributed by atoms with Crippen molar-refractivity contribution in [3.8, 4) is 22.3 Å². The second-order valence-corrected chi connectivity index (χ2v) is 8.71. The van der Waals surface area contributed by atoms with E-state index < -0.39 is 11.6 Å². The summed E-state index contributed by atoms with van der Waals surface area (Å²) < 4.78 is 44.0. The van der Waals surface area contributed by atoms with Gasteiger partial charge in [0, 0.05) is 11.1 Å². The smallest absolute Gasteiger partial charge is 0.167 e. The monoisotopic (exact) mass is 458 g/mol. The van der Waals surface area contributed by atoms with Crippen LogP contribution in [0.2, 0.25) is 0 Å². The highest BCUT2D eigenvalue weighted by Crippen LogP contribution is 2.32.